The maximum Gasteiger partial charge on any atom is 0.244 e. The number of carbonyl (C=O) groups excluding carboxylic acids is 1. The number of methoxy groups -OCH3 is 2. The van der Waals surface area contributed by atoms with Crippen LogP contribution in [0, 0.1) is 5.82 Å². The number of sulfonamides is 1. The molecule has 0 fully saturated rings. The van der Waals surface area contributed by atoms with Gasteiger partial charge in [-0.1, -0.05) is 18.2 Å². The van der Waals surface area contributed by atoms with Gasteiger partial charge in [0.05, 0.1) is 20.2 Å². The summed E-state index contributed by atoms with van der Waals surface area (Å²) in [5, 5.41) is 10.6. The standard InChI is InChI=1S/C19H20FNO6S/c1-26-16-11-14(5-8-18(22)23)12-17(19(16)27-2)28(24,25)21-10-9-13-3-6-15(20)7-4-13/h3-8,11-12,21H,9-10H2,1-2H3,(H,22,23)/p-1/b8-5+. The molecule has 1 N–H and O–H groups in total. The Balaban J connectivity index is 2.29. The molecule has 0 aliphatic carbocycles. The lowest BCUT2D eigenvalue weighted by Gasteiger charge is -2.15. The number of carboxylic acids is 1. The molecule has 0 bridgehead atoms. The van der Waals surface area contributed by atoms with Crippen LogP contribution in [-0.4, -0.2) is 35.2 Å². The van der Waals surface area contributed by atoms with E-state index in [9.17, 15) is 22.7 Å². The molecule has 9 heteroatoms. The van der Waals surface area contributed by atoms with Crippen molar-refractivity contribution in [2.24, 2.45) is 0 Å². The molecule has 0 unspecified atom stereocenters. The molecular weight excluding hydrogens is 389 g/mol. The van der Waals surface area contributed by atoms with Crippen molar-refractivity contribution in [3.63, 3.8) is 0 Å². The highest BCUT2D eigenvalue weighted by atomic mass is 32.2. The summed E-state index contributed by atoms with van der Waals surface area (Å²) in [6, 6.07) is 8.43. The molecule has 0 spiro atoms. The van der Waals surface area contributed by atoms with E-state index in [-0.39, 0.29) is 34.3 Å². The summed E-state index contributed by atoms with van der Waals surface area (Å²) in [5.74, 6) is -1.68. The second-order valence-electron chi connectivity index (χ2n) is 5.68. The van der Waals surface area contributed by atoms with Gasteiger partial charge in [0, 0.05) is 6.54 Å². The smallest absolute Gasteiger partial charge is 0.244 e. The van der Waals surface area contributed by atoms with E-state index in [1.165, 1.54) is 44.6 Å². The Hall–Kier alpha value is -2.91. The molecule has 0 atom stereocenters. The molecule has 0 aliphatic heterocycles. The molecular formula is C19H19FNO6S-. The minimum absolute atomic E-state index is 0.0117. The lowest BCUT2D eigenvalue weighted by atomic mass is 10.1. The highest BCUT2D eigenvalue weighted by Crippen LogP contribution is 2.36. The van der Waals surface area contributed by atoms with Crippen LogP contribution >= 0.6 is 0 Å². The highest BCUT2D eigenvalue weighted by molar-refractivity contribution is 7.89. The van der Waals surface area contributed by atoms with Crippen LogP contribution in [0.1, 0.15) is 11.1 Å². The lowest BCUT2D eigenvalue weighted by Crippen LogP contribution is -2.26. The first kappa shape index (κ1) is 21.4. The zero-order valence-electron chi connectivity index (χ0n) is 15.3. The van der Waals surface area contributed by atoms with Crippen LogP contribution < -0.4 is 19.3 Å². The average Bonchev–Trinajstić information content (AvgIpc) is 2.66. The Kier molecular flexibility index (Phi) is 7.13. The van der Waals surface area contributed by atoms with Gasteiger partial charge in [-0.25, -0.2) is 17.5 Å². The molecule has 28 heavy (non-hydrogen) atoms. The zero-order valence-corrected chi connectivity index (χ0v) is 16.1. The molecule has 0 radical (unpaired) electrons. The minimum Gasteiger partial charge on any atom is -0.545 e. The largest absolute Gasteiger partial charge is 0.545 e. The van der Waals surface area contributed by atoms with Crippen LogP contribution in [0.3, 0.4) is 0 Å². The summed E-state index contributed by atoms with van der Waals surface area (Å²) < 4.78 is 51.2. The average molecular weight is 408 g/mol. The van der Waals surface area contributed by atoms with Gasteiger partial charge in [0.15, 0.2) is 11.5 Å². The van der Waals surface area contributed by atoms with Crippen LogP contribution in [0.5, 0.6) is 11.5 Å². The molecule has 7 nitrogen and oxygen atoms in total. The highest BCUT2D eigenvalue weighted by Gasteiger charge is 2.23. The summed E-state index contributed by atoms with van der Waals surface area (Å²) >= 11 is 0. The maximum atomic E-state index is 12.9. The van der Waals surface area contributed by atoms with E-state index >= 15 is 0 Å². The number of ether oxygens (including phenoxy) is 2. The Labute approximate surface area is 162 Å². The van der Waals surface area contributed by atoms with Crippen molar-refractivity contribution >= 4 is 22.1 Å². The summed E-state index contributed by atoms with van der Waals surface area (Å²) in [4.78, 5) is 10.4. The van der Waals surface area contributed by atoms with Crippen molar-refractivity contribution in [3.8, 4) is 11.5 Å². The third kappa shape index (κ3) is 5.54. The number of hydrogen-bond acceptors (Lipinski definition) is 6. The lowest BCUT2D eigenvalue weighted by molar-refractivity contribution is -0.297. The second kappa shape index (κ2) is 9.34. The van der Waals surface area contributed by atoms with Crippen molar-refractivity contribution in [2.45, 2.75) is 11.3 Å². The van der Waals surface area contributed by atoms with E-state index in [1.807, 2.05) is 0 Å². The number of benzene rings is 2. The fraction of sp³-hybridized carbons (Fsp3) is 0.211. The number of carbonyl (C=O) groups is 1. The molecule has 0 aromatic heterocycles. The van der Waals surface area contributed by atoms with E-state index in [1.54, 1.807) is 12.1 Å². The molecule has 0 amide bonds. The third-order valence-electron chi connectivity index (χ3n) is 3.79. The van der Waals surface area contributed by atoms with Gasteiger partial charge in [0.2, 0.25) is 10.0 Å². The predicted molar refractivity (Wildman–Crippen MR) is 98.9 cm³/mol. The third-order valence-corrected chi connectivity index (χ3v) is 5.25. The summed E-state index contributed by atoms with van der Waals surface area (Å²) in [5.41, 5.74) is 1.04. The first-order valence-electron chi connectivity index (χ1n) is 8.16. The van der Waals surface area contributed by atoms with Crippen molar-refractivity contribution in [3.05, 3.63) is 59.4 Å². The SMILES string of the molecule is COc1cc(/C=C/C(=O)[O-])cc(S(=O)(=O)NCCc2ccc(F)cc2)c1OC. The molecule has 0 heterocycles. The molecule has 2 aromatic rings. The first-order valence-corrected chi connectivity index (χ1v) is 9.64. The van der Waals surface area contributed by atoms with Crippen molar-refractivity contribution in [1.82, 2.24) is 4.72 Å². The van der Waals surface area contributed by atoms with E-state index in [2.05, 4.69) is 4.72 Å². The summed E-state index contributed by atoms with van der Waals surface area (Å²) in [6.07, 6.45) is 2.32. The Morgan fingerprint density at radius 1 is 1.18 bits per heavy atom. The fourth-order valence-electron chi connectivity index (χ4n) is 2.47. The number of nitrogens with one attached hydrogen (secondary N) is 1. The van der Waals surface area contributed by atoms with Crippen LogP contribution in [-0.2, 0) is 21.2 Å². The maximum absolute atomic E-state index is 12.9. The number of rotatable bonds is 9. The Bertz CT molecular complexity index is 971. The summed E-state index contributed by atoms with van der Waals surface area (Å²) in [7, 11) is -1.37. The second-order valence-corrected chi connectivity index (χ2v) is 7.42. The number of halogens is 1. The van der Waals surface area contributed by atoms with E-state index in [0.29, 0.717) is 6.42 Å². The van der Waals surface area contributed by atoms with Crippen molar-refractivity contribution in [1.29, 1.82) is 0 Å². The van der Waals surface area contributed by atoms with Crippen molar-refractivity contribution < 1.29 is 32.2 Å². The van der Waals surface area contributed by atoms with Crippen LogP contribution in [0.25, 0.3) is 6.08 Å². The zero-order chi connectivity index (χ0) is 20.7. The van der Waals surface area contributed by atoms with E-state index < -0.39 is 16.0 Å². The van der Waals surface area contributed by atoms with Gasteiger partial charge in [0.1, 0.15) is 10.7 Å². The van der Waals surface area contributed by atoms with Crippen LogP contribution in [0.15, 0.2) is 47.4 Å². The molecule has 0 aliphatic rings. The van der Waals surface area contributed by atoms with Gasteiger partial charge in [-0.2, -0.15) is 0 Å². The Morgan fingerprint density at radius 3 is 2.43 bits per heavy atom. The van der Waals surface area contributed by atoms with Gasteiger partial charge in [-0.05, 0) is 47.9 Å². The fourth-order valence-corrected chi connectivity index (χ4v) is 3.71. The monoisotopic (exact) mass is 408 g/mol. The molecule has 150 valence electrons. The molecule has 2 aromatic carbocycles. The minimum atomic E-state index is -4.00. The van der Waals surface area contributed by atoms with E-state index in [4.69, 9.17) is 9.47 Å². The Morgan fingerprint density at radius 2 is 1.86 bits per heavy atom. The number of carboxylic acid groups (broad SMARTS) is 1. The van der Waals surface area contributed by atoms with Crippen LogP contribution in [0.2, 0.25) is 0 Å². The molecule has 0 saturated carbocycles. The van der Waals surface area contributed by atoms with E-state index in [0.717, 1.165) is 11.6 Å². The first-order chi connectivity index (χ1) is 13.3. The quantitative estimate of drug-likeness (QED) is 0.624. The normalized spacial score (nSPS) is 11.5. The van der Waals surface area contributed by atoms with Crippen LogP contribution in [0.4, 0.5) is 4.39 Å². The van der Waals surface area contributed by atoms with Gasteiger partial charge in [-0.15, -0.1) is 0 Å². The van der Waals surface area contributed by atoms with Gasteiger partial charge < -0.3 is 19.4 Å². The van der Waals surface area contributed by atoms with Gasteiger partial charge in [0.25, 0.3) is 0 Å². The topological polar surface area (TPSA) is 105 Å². The number of aliphatic carboxylic acids is 1. The van der Waals surface area contributed by atoms with Gasteiger partial charge >= 0.3 is 0 Å². The molecule has 0 saturated heterocycles. The number of hydrogen-bond donors (Lipinski definition) is 1. The summed E-state index contributed by atoms with van der Waals surface area (Å²) in [6.45, 7) is 0.0680. The predicted octanol–water partition coefficient (Wildman–Crippen LogP) is 1.13. The molecule has 2 rings (SSSR count). The van der Waals surface area contributed by atoms with Gasteiger partial charge in [-0.3, -0.25) is 0 Å². The van der Waals surface area contributed by atoms with Crippen molar-refractivity contribution in [2.75, 3.05) is 20.8 Å².